The molecule has 2 nitrogen and oxygen atoms in total. The molecule has 0 aliphatic heterocycles. The van der Waals surface area contributed by atoms with Crippen molar-refractivity contribution in [2.24, 2.45) is 0 Å². The lowest BCUT2D eigenvalue weighted by atomic mass is 9.85. The van der Waals surface area contributed by atoms with Gasteiger partial charge in [-0.05, 0) is 43.3 Å². The molecule has 1 saturated carbocycles. The van der Waals surface area contributed by atoms with E-state index < -0.39 is 8.32 Å². The van der Waals surface area contributed by atoms with Crippen molar-refractivity contribution in [3.63, 3.8) is 0 Å². The van der Waals surface area contributed by atoms with Crippen LogP contribution in [0.25, 0.3) is 0 Å². The molecule has 21 heavy (non-hydrogen) atoms. The lowest BCUT2D eigenvalue weighted by Gasteiger charge is -2.36. The highest BCUT2D eigenvalue weighted by Crippen LogP contribution is 2.36. The van der Waals surface area contributed by atoms with Crippen LogP contribution >= 0.6 is 0 Å². The monoisotopic (exact) mass is 300 g/mol. The van der Waals surface area contributed by atoms with Gasteiger partial charge in [0.2, 0.25) is 8.32 Å². The molecule has 3 heteroatoms. The van der Waals surface area contributed by atoms with Crippen LogP contribution in [0.15, 0.2) is 53.1 Å². The molecule has 1 aromatic carbocycles. The molecule has 0 radical (unpaired) electrons. The largest absolute Gasteiger partial charge is 0.469 e. The van der Waals surface area contributed by atoms with E-state index in [0.717, 1.165) is 12.2 Å². The van der Waals surface area contributed by atoms with Gasteiger partial charge in [-0.2, -0.15) is 0 Å². The highest BCUT2D eigenvalue weighted by molar-refractivity contribution is 6.84. The number of hydrogen-bond acceptors (Lipinski definition) is 2. The SMILES string of the molecule is C[Si](C)(O[C@H]1CCCC[C@@H]1c1ccco1)c1ccccc1. The van der Waals surface area contributed by atoms with E-state index in [1.54, 1.807) is 6.26 Å². The second-order valence-electron chi connectivity index (χ2n) is 6.44. The van der Waals surface area contributed by atoms with E-state index in [9.17, 15) is 0 Å². The molecular weight excluding hydrogens is 276 g/mol. The molecule has 0 N–H and O–H groups in total. The zero-order chi connectivity index (χ0) is 14.7. The average Bonchev–Trinajstić information content (AvgIpc) is 3.02. The maximum Gasteiger partial charge on any atom is 0.218 e. The van der Waals surface area contributed by atoms with Crippen LogP contribution < -0.4 is 5.19 Å². The predicted molar refractivity (Wildman–Crippen MR) is 88.3 cm³/mol. The summed E-state index contributed by atoms with van der Waals surface area (Å²) in [6.45, 7) is 4.60. The van der Waals surface area contributed by atoms with Crippen molar-refractivity contribution in [1.82, 2.24) is 0 Å². The molecule has 0 bridgehead atoms. The Balaban J connectivity index is 1.78. The van der Waals surface area contributed by atoms with E-state index in [4.69, 9.17) is 8.84 Å². The van der Waals surface area contributed by atoms with Gasteiger partial charge in [-0.1, -0.05) is 43.2 Å². The molecule has 3 rings (SSSR count). The normalized spacial score (nSPS) is 23.1. The van der Waals surface area contributed by atoms with Crippen LogP contribution in [0.3, 0.4) is 0 Å². The van der Waals surface area contributed by atoms with Gasteiger partial charge in [0.1, 0.15) is 5.76 Å². The Kier molecular flexibility index (Phi) is 4.31. The van der Waals surface area contributed by atoms with Crippen LogP contribution in [0.2, 0.25) is 13.1 Å². The fourth-order valence-corrected chi connectivity index (χ4v) is 5.52. The van der Waals surface area contributed by atoms with Crippen LogP contribution in [-0.2, 0) is 4.43 Å². The molecular formula is C18H24O2Si. The van der Waals surface area contributed by atoms with Crippen molar-refractivity contribution in [3.8, 4) is 0 Å². The van der Waals surface area contributed by atoms with E-state index in [2.05, 4.69) is 49.5 Å². The molecule has 1 fully saturated rings. The highest BCUT2D eigenvalue weighted by Gasteiger charge is 2.35. The third-order valence-corrected chi connectivity index (χ3v) is 7.14. The molecule has 2 atom stereocenters. The first-order chi connectivity index (χ1) is 10.2. The van der Waals surface area contributed by atoms with Gasteiger partial charge in [-0.15, -0.1) is 0 Å². The van der Waals surface area contributed by atoms with E-state index in [0.29, 0.717) is 12.0 Å². The van der Waals surface area contributed by atoms with Crippen molar-refractivity contribution in [2.45, 2.75) is 50.8 Å². The van der Waals surface area contributed by atoms with Gasteiger partial charge in [-0.3, -0.25) is 0 Å². The quantitative estimate of drug-likeness (QED) is 0.779. The minimum absolute atomic E-state index is 0.298. The Bertz CT molecular complexity index is 548. The molecule has 112 valence electrons. The Morgan fingerprint density at radius 3 is 2.48 bits per heavy atom. The van der Waals surface area contributed by atoms with E-state index in [1.165, 1.54) is 24.4 Å². The summed E-state index contributed by atoms with van der Waals surface area (Å²) in [4.78, 5) is 0. The fourth-order valence-electron chi connectivity index (χ4n) is 3.35. The van der Waals surface area contributed by atoms with Crippen molar-refractivity contribution in [2.75, 3.05) is 0 Å². The van der Waals surface area contributed by atoms with E-state index in [1.807, 2.05) is 6.07 Å². The topological polar surface area (TPSA) is 22.4 Å². The third-order valence-electron chi connectivity index (χ3n) is 4.53. The van der Waals surface area contributed by atoms with E-state index in [-0.39, 0.29) is 0 Å². The lowest BCUT2D eigenvalue weighted by molar-refractivity contribution is 0.115. The third kappa shape index (κ3) is 3.30. The van der Waals surface area contributed by atoms with Crippen LogP contribution in [0, 0.1) is 0 Å². The molecule has 1 aromatic heterocycles. The van der Waals surface area contributed by atoms with Gasteiger partial charge in [0.05, 0.1) is 12.4 Å². The summed E-state index contributed by atoms with van der Waals surface area (Å²) in [6, 6.07) is 14.8. The Labute approximate surface area is 128 Å². The van der Waals surface area contributed by atoms with Crippen LogP contribution in [0.4, 0.5) is 0 Å². The smallest absolute Gasteiger partial charge is 0.218 e. The summed E-state index contributed by atoms with van der Waals surface area (Å²) in [7, 11) is -1.86. The molecule has 2 aromatic rings. The zero-order valence-corrected chi connectivity index (χ0v) is 13.9. The highest BCUT2D eigenvalue weighted by atomic mass is 28.4. The second-order valence-corrected chi connectivity index (χ2v) is 10.3. The molecule has 0 spiro atoms. The summed E-state index contributed by atoms with van der Waals surface area (Å²) in [5.41, 5.74) is 0. The van der Waals surface area contributed by atoms with Gasteiger partial charge >= 0.3 is 0 Å². The van der Waals surface area contributed by atoms with Gasteiger partial charge in [0, 0.05) is 5.92 Å². The predicted octanol–water partition coefficient (Wildman–Crippen LogP) is 4.43. The maximum absolute atomic E-state index is 6.68. The van der Waals surface area contributed by atoms with Gasteiger partial charge in [-0.25, -0.2) is 0 Å². The Hall–Kier alpha value is -1.32. The second kappa shape index (κ2) is 6.20. The number of furan rings is 1. The molecule has 0 amide bonds. The molecule has 0 unspecified atom stereocenters. The van der Waals surface area contributed by atoms with Gasteiger partial charge in [0.25, 0.3) is 0 Å². The molecule has 1 heterocycles. The first-order valence-electron chi connectivity index (χ1n) is 7.93. The average molecular weight is 300 g/mol. The molecule has 1 aliphatic rings. The minimum Gasteiger partial charge on any atom is -0.469 e. The summed E-state index contributed by atoms with van der Waals surface area (Å²) in [5.74, 6) is 1.52. The number of hydrogen-bond donors (Lipinski definition) is 0. The van der Waals surface area contributed by atoms with Gasteiger partial charge in [0.15, 0.2) is 0 Å². The number of rotatable bonds is 4. The van der Waals surface area contributed by atoms with Gasteiger partial charge < -0.3 is 8.84 Å². The van der Waals surface area contributed by atoms with Crippen molar-refractivity contribution >= 4 is 13.5 Å². The van der Waals surface area contributed by atoms with Crippen LogP contribution in [-0.4, -0.2) is 14.4 Å². The molecule has 0 saturated heterocycles. The fraction of sp³-hybridized carbons (Fsp3) is 0.444. The lowest BCUT2D eigenvalue weighted by Crippen LogP contribution is -2.49. The summed E-state index contributed by atoms with van der Waals surface area (Å²) < 4.78 is 12.3. The minimum atomic E-state index is -1.86. The first-order valence-corrected chi connectivity index (χ1v) is 10.8. The standard InChI is InChI=1S/C18H24O2Si/c1-21(2,15-9-4-3-5-10-15)20-18-12-7-6-11-16(18)17-13-8-14-19-17/h3-5,8-10,13-14,16,18H,6-7,11-12H2,1-2H3/t16-,18+/m1/s1. The first kappa shape index (κ1) is 14.6. The van der Waals surface area contributed by atoms with E-state index >= 15 is 0 Å². The van der Waals surface area contributed by atoms with Crippen molar-refractivity contribution in [3.05, 3.63) is 54.5 Å². The summed E-state index contributed by atoms with van der Waals surface area (Å²) in [6.07, 6.45) is 6.94. The van der Waals surface area contributed by atoms with Crippen molar-refractivity contribution < 1.29 is 8.84 Å². The maximum atomic E-state index is 6.68. The summed E-state index contributed by atoms with van der Waals surface area (Å²) >= 11 is 0. The molecule has 1 aliphatic carbocycles. The van der Waals surface area contributed by atoms with Crippen LogP contribution in [0.1, 0.15) is 37.4 Å². The van der Waals surface area contributed by atoms with Crippen molar-refractivity contribution in [1.29, 1.82) is 0 Å². The zero-order valence-electron chi connectivity index (χ0n) is 12.9. The summed E-state index contributed by atoms with van der Waals surface area (Å²) in [5, 5.41) is 1.37. The number of benzene rings is 1. The van der Waals surface area contributed by atoms with Crippen LogP contribution in [0.5, 0.6) is 0 Å². The Morgan fingerprint density at radius 1 is 1.00 bits per heavy atom. The Morgan fingerprint density at radius 2 is 1.76 bits per heavy atom.